The van der Waals surface area contributed by atoms with Crippen molar-refractivity contribution in [2.45, 2.75) is 43.8 Å². The summed E-state index contributed by atoms with van der Waals surface area (Å²) < 4.78 is 15.5. The van der Waals surface area contributed by atoms with Crippen molar-refractivity contribution in [2.24, 2.45) is 4.99 Å². The molecule has 2 N–H and O–H groups in total. The van der Waals surface area contributed by atoms with E-state index in [1.165, 1.54) is 6.07 Å². The Labute approximate surface area is 151 Å². The Bertz CT molecular complexity index is 744. The number of nitrogens with zero attached hydrogens (tertiary/aromatic N) is 4. The highest BCUT2D eigenvalue weighted by Crippen LogP contribution is 2.22. The summed E-state index contributed by atoms with van der Waals surface area (Å²) in [4.78, 5) is 9.94. The van der Waals surface area contributed by atoms with Crippen molar-refractivity contribution in [2.75, 3.05) is 12.8 Å². The smallest absolute Gasteiger partial charge is 0.191 e. The number of aryl methyl sites for hydroxylation is 1. The first-order valence-corrected chi connectivity index (χ1v) is 9.66. The molecule has 2 heterocycles. The molecule has 1 aliphatic rings. The summed E-state index contributed by atoms with van der Waals surface area (Å²) in [7, 11) is 0. The lowest BCUT2D eigenvalue weighted by Gasteiger charge is -2.25. The average molecular weight is 362 g/mol. The summed E-state index contributed by atoms with van der Waals surface area (Å²) in [6.07, 6.45) is 5.48. The van der Waals surface area contributed by atoms with Gasteiger partial charge in [-0.2, -0.15) is 5.10 Å². The van der Waals surface area contributed by atoms with Crippen molar-refractivity contribution in [1.82, 2.24) is 25.4 Å². The van der Waals surface area contributed by atoms with Crippen molar-refractivity contribution in [3.05, 3.63) is 41.7 Å². The molecule has 25 heavy (non-hydrogen) atoms. The van der Waals surface area contributed by atoms with E-state index in [9.17, 15) is 4.39 Å². The molecule has 2 aromatic rings. The van der Waals surface area contributed by atoms with Crippen molar-refractivity contribution >= 4 is 17.7 Å². The second-order valence-electron chi connectivity index (χ2n) is 5.89. The Balaban J connectivity index is 1.69. The SMILES string of the molecule is CCNC(=NCc1cc(F)ccc1SC)NC1CCc2ncnn2C1. The molecule has 1 aromatic heterocycles. The molecule has 0 amide bonds. The lowest BCUT2D eigenvalue weighted by molar-refractivity contribution is 0.392. The highest BCUT2D eigenvalue weighted by molar-refractivity contribution is 7.98. The van der Waals surface area contributed by atoms with Crippen LogP contribution in [0.1, 0.15) is 24.7 Å². The van der Waals surface area contributed by atoms with Crippen LogP contribution in [0.25, 0.3) is 0 Å². The predicted molar refractivity (Wildman–Crippen MR) is 98.3 cm³/mol. The van der Waals surface area contributed by atoms with Crippen molar-refractivity contribution in [3.8, 4) is 0 Å². The molecule has 0 bridgehead atoms. The van der Waals surface area contributed by atoms with E-state index in [1.54, 1.807) is 30.2 Å². The predicted octanol–water partition coefficient (Wildman–Crippen LogP) is 2.21. The summed E-state index contributed by atoms with van der Waals surface area (Å²) in [6, 6.07) is 5.10. The minimum absolute atomic E-state index is 0.230. The third-order valence-electron chi connectivity index (χ3n) is 4.14. The molecular formula is C17H23FN6S. The van der Waals surface area contributed by atoms with E-state index in [0.29, 0.717) is 6.54 Å². The fourth-order valence-corrected chi connectivity index (χ4v) is 3.49. The maximum absolute atomic E-state index is 13.5. The van der Waals surface area contributed by atoms with Gasteiger partial charge in [0.1, 0.15) is 18.0 Å². The van der Waals surface area contributed by atoms with Crippen LogP contribution in [0.3, 0.4) is 0 Å². The normalized spacial score (nSPS) is 17.2. The first kappa shape index (κ1) is 17.7. The van der Waals surface area contributed by atoms with Gasteiger partial charge in [0.2, 0.25) is 0 Å². The number of hydrogen-bond donors (Lipinski definition) is 2. The summed E-state index contributed by atoms with van der Waals surface area (Å²) >= 11 is 1.60. The number of benzene rings is 1. The minimum Gasteiger partial charge on any atom is -0.357 e. The van der Waals surface area contributed by atoms with Crippen LogP contribution in [0.2, 0.25) is 0 Å². The third kappa shape index (κ3) is 4.50. The summed E-state index contributed by atoms with van der Waals surface area (Å²) in [6.45, 7) is 4.01. The number of guanidine groups is 1. The van der Waals surface area contributed by atoms with Crippen LogP contribution in [0, 0.1) is 5.82 Å². The van der Waals surface area contributed by atoms with Gasteiger partial charge in [-0.05, 0) is 43.4 Å². The topological polar surface area (TPSA) is 67.1 Å². The highest BCUT2D eigenvalue weighted by atomic mass is 32.2. The molecule has 0 saturated heterocycles. The van der Waals surface area contributed by atoms with Crippen LogP contribution < -0.4 is 10.6 Å². The molecule has 1 aliphatic heterocycles. The molecule has 8 heteroatoms. The minimum atomic E-state index is -0.230. The Hall–Kier alpha value is -2.09. The Morgan fingerprint density at radius 3 is 3.16 bits per heavy atom. The largest absolute Gasteiger partial charge is 0.357 e. The molecule has 0 saturated carbocycles. The van der Waals surface area contributed by atoms with Crippen LogP contribution in [-0.2, 0) is 19.5 Å². The number of rotatable bonds is 5. The zero-order valence-electron chi connectivity index (χ0n) is 14.5. The molecule has 134 valence electrons. The van der Waals surface area contributed by atoms with E-state index >= 15 is 0 Å². The molecule has 1 atom stereocenters. The molecule has 0 fully saturated rings. The van der Waals surface area contributed by atoms with Crippen LogP contribution in [0.5, 0.6) is 0 Å². The number of thioether (sulfide) groups is 1. The van der Waals surface area contributed by atoms with Crippen LogP contribution >= 0.6 is 11.8 Å². The van der Waals surface area contributed by atoms with E-state index in [2.05, 4.69) is 25.7 Å². The molecule has 6 nitrogen and oxygen atoms in total. The fraction of sp³-hybridized carbons (Fsp3) is 0.471. The van der Waals surface area contributed by atoms with Crippen molar-refractivity contribution < 1.29 is 4.39 Å². The highest BCUT2D eigenvalue weighted by Gasteiger charge is 2.20. The Morgan fingerprint density at radius 2 is 2.36 bits per heavy atom. The lowest BCUT2D eigenvalue weighted by Crippen LogP contribution is -2.47. The fourth-order valence-electron chi connectivity index (χ4n) is 2.90. The lowest BCUT2D eigenvalue weighted by atomic mass is 10.1. The van der Waals surface area contributed by atoms with Crippen LogP contribution in [0.15, 0.2) is 34.4 Å². The Morgan fingerprint density at radius 1 is 1.48 bits per heavy atom. The van der Waals surface area contributed by atoms with Gasteiger partial charge in [0.05, 0.1) is 13.1 Å². The maximum Gasteiger partial charge on any atom is 0.191 e. The molecule has 1 unspecified atom stereocenters. The van der Waals surface area contributed by atoms with Gasteiger partial charge < -0.3 is 10.6 Å². The van der Waals surface area contributed by atoms with E-state index in [4.69, 9.17) is 0 Å². The summed E-state index contributed by atoms with van der Waals surface area (Å²) in [5.41, 5.74) is 0.895. The molecule has 0 radical (unpaired) electrons. The van der Waals surface area contributed by atoms with Gasteiger partial charge in [0.25, 0.3) is 0 Å². The van der Waals surface area contributed by atoms with Crippen LogP contribution in [0.4, 0.5) is 4.39 Å². The van der Waals surface area contributed by atoms with E-state index in [-0.39, 0.29) is 11.9 Å². The zero-order chi connectivity index (χ0) is 17.6. The first-order chi connectivity index (χ1) is 12.2. The van der Waals surface area contributed by atoms with Gasteiger partial charge in [0, 0.05) is 23.9 Å². The third-order valence-corrected chi connectivity index (χ3v) is 4.98. The van der Waals surface area contributed by atoms with E-state index in [1.807, 2.05) is 17.9 Å². The van der Waals surface area contributed by atoms with Gasteiger partial charge in [0.15, 0.2) is 5.96 Å². The average Bonchev–Trinajstić information content (AvgIpc) is 3.08. The van der Waals surface area contributed by atoms with E-state index < -0.39 is 0 Å². The van der Waals surface area contributed by atoms with Gasteiger partial charge in [-0.1, -0.05) is 0 Å². The summed E-state index contributed by atoms with van der Waals surface area (Å²) in [5, 5.41) is 11.0. The zero-order valence-corrected chi connectivity index (χ0v) is 15.3. The standard InChI is InChI=1S/C17H23FN6S/c1-3-19-17(20-9-12-8-13(18)4-6-15(12)25-2)23-14-5-7-16-21-11-22-24(16)10-14/h4,6,8,11,14H,3,5,7,9-10H2,1-2H3,(H2,19,20,23). The van der Waals surface area contributed by atoms with Gasteiger partial charge in [-0.25, -0.2) is 19.0 Å². The second kappa shape index (κ2) is 8.33. The molecule has 1 aromatic carbocycles. The first-order valence-electron chi connectivity index (χ1n) is 8.43. The van der Waals surface area contributed by atoms with Crippen molar-refractivity contribution in [1.29, 1.82) is 0 Å². The van der Waals surface area contributed by atoms with Gasteiger partial charge >= 0.3 is 0 Å². The Kier molecular flexibility index (Phi) is 5.91. The molecule has 0 spiro atoms. The summed E-state index contributed by atoms with van der Waals surface area (Å²) in [5.74, 6) is 1.55. The molecule has 3 rings (SSSR count). The number of aromatic nitrogens is 3. The second-order valence-corrected chi connectivity index (χ2v) is 6.74. The number of hydrogen-bond acceptors (Lipinski definition) is 4. The monoisotopic (exact) mass is 362 g/mol. The van der Waals surface area contributed by atoms with Crippen LogP contribution in [-0.4, -0.2) is 39.6 Å². The van der Waals surface area contributed by atoms with Gasteiger partial charge in [-0.3, -0.25) is 0 Å². The molecular weight excluding hydrogens is 339 g/mol. The van der Waals surface area contributed by atoms with Crippen molar-refractivity contribution in [3.63, 3.8) is 0 Å². The maximum atomic E-state index is 13.5. The number of halogens is 1. The van der Waals surface area contributed by atoms with E-state index in [0.717, 1.165) is 48.2 Å². The number of fused-ring (bicyclic) bond motifs is 1. The quantitative estimate of drug-likeness (QED) is 0.485. The van der Waals surface area contributed by atoms with Gasteiger partial charge in [-0.15, -0.1) is 11.8 Å². The number of nitrogens with one attached hydrogen (secondary N) is 2. The number of aliphatic imine (C=N–C) groups is 1. The molecule has 0 aliphatic carbocycles.